The van der Waals surface area contributed by atoms with Gasteiger partial charge in [-0.1, -0.05) is 37.5 Å². The number of carbonyl (C=O) groups is 2. The van der Waals surface area contributed by atoms with Crippen molar-refractivity contribution in [2.24, 2.45) is 17.8 Å². The standard InChI is InChI=1S/C27H42O5/c1-3-4-5-11-22(28)14-15-23-24-18-20(10-6-7-12-26(29)30-2)17-21(24)19-25(23)32-27-13-8-9-16-31-27/h10,14-15,21,23-25,27H,3-9,11-13,16-19H2,1-2H3/t21-,23-,24+,25-,27?/m1/s1. The number of hydrogen-bond donors (Lipinski definition) is 0. The van der Waals surface area contributed by atoms with Crippen LogP contribution in [0.2, 0.25) is 0 Å². The lowest BCUT2D eigenvalue weighted by molar-refractivity contribution is -0.193. The molecule has 0 spiro atoms. The summed E-state index contributed by atoms with van der Waals surface area (Å²) in [6.07, 6.45) is 19.0. The van der Waals surface area contributed by atoms with Crippen LogP contribution in [0.15, 0.2) is 23.8 Å². The minimum absolute atomic E-state index is 0.0860. The predicted molar refractivity (Wildman–Crippen MR) is 125 cm³/mol. The summed E-state index contributed by atoms with van der Waals surface area (Å²) in [7, 11) is 1.44. The van der Waals surface area contributed by atoms with Gasteiger partial charge in [-0.05, 0) is 75.7 Å². The van der Waals surface area contributed by atoms with Gasteiger partial charge in [0.2, 0.25) is 0 Å². The number of ether oxygens (including phenoxy) is 3. The highest BCUT2D eigenvalue weighted by molar-refractivity contribution is 5.89. The third-order valence-corrected chi connectivity index (χ3v) is 7.33. The Morgan fingerprint density at radius 3 is 2.75 bits per heavy atom. The number of allylic oxidation sites excluding steroid dienone is 3. The fraction of sp³-hybridized carbons (Fsp3) is 0.778. The molecule has 0 bridgehead atoms. The monoisotopic (exact) mass is 446 g/mol. The predicted octanol–water partition coefficient (Wildman–Crippen LogP) is 5.92. The largest absolute Gasteiger partial charge is 0.469 e. The van der Waals surface area contributed by atoms with Gasteiger partial charge in [0.1, 0.15) is 0 Å². The van der Waals surface area contributed by atoms with Gasteiger partial charge in [-0.25, -0.2) is 0 Å². The minimum atomic E-state index is -0.134. The van der Waals surface area contributed by atoms with E-state index in [1.807, 2.05) is 6.08 Å². The van der Waals surface area contributed by atoms with E-state index in [0.29, 0.717) is 24.7 Å². The topological polar surface area (TPSA) is 61.8 Å². The van der Waals surface area contributed by atoms with E-state index in [4.69, 9.17) is 14.2 Å². The van der Waals surface area contributed by atoms with Crippen molar-refractivity contribution in [1.29, 1.82) is 0 Å². The third-order valence-electron chi connectivity index (χ3n) is 7.33. The maximum absolute atomic E-state index is 12.4. The summed E-state index contributed by atoms with van der Waals surface area (Å²) >= 11 is 0. The van der Waals surface area contributed by atoms with Crippen molar-refractivity contribution in [3.05, 3.63) is 23.8 Å². The number of rotatable bonds is 12. The Balaban J connectivity index is 1.58. The molecule has 0 aromatic carbocycles. The highest BCUT2D eigenvalue weighted by Gasteiger charge is 2.47. The molecule has 5 atom stereocenters. The van der Waals surface area contributed by atoms with E-state index < -0.39 is 0 Å². The van der Waals surface area contributed by atoms with E-state index in [9.17, 15) is 9.59 Å². The average Bonchev–Trinajstić information content (AvgIpc) is 3.33. The van der Waals surface area contributed by atoms with Crippen LogP contribution in [0.4, 0.5) is 0 Å². The van der Waals surface area contributed by atoms with Gasteiger partial charge in [-0.15, -0.1) is 0 Å². The van der Waals surface area contributed by atoms with E-state index in [-0.39, 0.29) is 30.1 Å². The highest BCUT2D eigenvalue weighted by Crippen LogP contribution is 2.52. The molecule has 0 amide bonds. The molecule has 2 aliphatic carbocycles. The van der Waals surface area contributed by atoms with Gasteiger partial charge >= 0.3 is 5.97 Å². The summed E-state index contributed by atoms with van der Waals surface area (Å²) in [6.45, 7) is 2.95. The van der Waals surface area contributed by atoms with E-state index in [1.54, 1.807) is 0 Å². The maximum atomic E-state index is 12.4. The summed E-state index contributed by atoms with van der Waals surface area (Å²) < 4.78 is 17.0. The summed E-state index contributed by atoms with van der Waals surface area (Å²) in [5.74, 6) is 1.54. The van der Waals surface area contributed by atoms with Gasteiger partial charge in [-0.2, -0.15) is 0 Å². The number of methoxy groups -OCH3 is 1. The lowest BCUT2D eigenvalue weighted by atomic mass is 9.90. The van der Waals surface area contributed by atoms with Crippen molar-refractivity contribution in [2.75, 3.05) is 13.7 Å². The third kappa shape index (κ3) is 7.55. The van der Waals surface area contributed by atoms with Crippen molar-refractivity contribution < 1.29 is 23.8 Å². The number of fused-ring (bicyclic) bond motifs is 1. The first-order valence-electron chi connectivity index (χ1n) is 12.8. The molecule has 2 saturated carbocycles. The second-order valence-corrected chi connectivity index (χ2v) is 9.73. The molecular formula is C27H42O5. The lowest BCUT2D eigenvalue weighted by Crippen LogP contribution is -2.30. The molecule has 1 saturated heterocycles. The van der Waals surface area contributed by atoms with Crippen LogP contribution in [0.1, 0.15) is 90.4 Å². The molecule has 0 N–H and O–H groups in total. The molecule has 3 fully saturated rings. The van der Waals surface area contributed by atoms with Crippen LogP contribution in [-0.2, 0) is 23.8 Å². The van der Waals surface area contributed by atoms with E-state index in [2.05, 4.69) is 19.1 Å². The molecule has 32 heavy (non-hydrogen) atoms. The average molecular weight is 447 g/mol. The van der Waals surface area contributed by atoms with Gasteiger partial charge in [0, 0.05) is 25.4 Å². The summed E-state index contributed by atoms with van der Waals surface area (Å²) in [6, 6.07) is 0. The smallest absolute Gasteiger partial charge is 0.305 e. The molecule has 180 valence electrons. The molecular weight excluding hydrogens is 404 g/mol. The number of ketones is 1. The van der Waals surface area contributed by atoms with Crippen molar-refractivity contribution >= 4 is 11.8 Å². The fourth-order valence-electron chi connectivity index (χ4n) is 5.58. The fourth-order valence-corrected chi connectivity index (χ4v) is 5.58. The summed E-state index contributed by atoms with van der Waals surface area (Å²) in [4.78, 5) is 23.7. The van der Waals surface area contributed by atoms with Gasteiger partial charge in [-0.3, -0.25) is 9.59 Å². The van der Waals surface area contributed by atoms with Crippen LogP contribution in [0.5, 0.6) is 0 Å². The highest BCUT2D eigenvalue weighted by atomic mass is 16.7. The van der Waals surface area contributed by atoms with E-state index in [1.165, 1.54) is 19.1 Å². The molecule has 1 heterocycles. The van der Waals surface area contributed by atoms with Crippen molar-refractivity contribution in [2.45, 2.75) is 103 Å². The molecule has 1 unspecified atom stereocenters. The van der Waals surface area contributed by atoms with Crippen LogP contribution < -0.4 is 0 Å². The molecule has 5 nitrogen and oxygen atoms in total. The number of unbranched alkanes of at least 4 members (excludes halogenated alkanes) is 3. The van der Waals surface area contributed by atoms with Crippen LogP contribution in [0.25, 0.3) is 0 Å². The molecule has 3 rings (SSSR count). The number of carbonyl (C=O) groups excluding carboxylic acids is 2. The zero-order chi connectivity index (χ0) is 22.8. The number of esters is 1. The van der Waals surface area contributed by atoms with Gasteiger partial charge in [0.15, 0.2) is 12.1 Å². The Morgan fingerprint density at radius 1 is 1.12 bits per heavy atom. The van der Waals surface area contributed by atoms with Gasteiger partial charge in [0.25, 0.3) is 0 Å². The van der Waals surface area contributed by atoms with Crippen LogP contribution in [0.3, 0.4) is 0 Å². The zero-order valence-electron chi connectivity index (χ0n) is 20.1. The Morgan fingerprint density at radius 2 is 2.00 bits per heavy atom. The van der Waals surface area contributed by atoms with Crippen molar-refractivity contribution in [1.82, 2.24) is 0 Å². The van der Waals surface area contributed by atoms with Crippen LogP contribution >= 0.6 is 0 Å². The second kappa shape index (κ2) is 13.3. The number of hydrogen-bond acceptors (Lipinski definition) is 5. The SMILES string of the molecule is CCCCCC(=O)C=C[C@@H]1[C@H]2CC(=CCCCC(=O)OC)C[C@@H]2C[C@H]1OC1CCCCO1. The van der Waals surface area contributed by atoms with Crippen molar-refractivity contribution in [3.8, 4) is 0 Å². The molecule has 0 aromatic heterocycles. The Labute approximate surface area is 193 Å². The first-order chi connectivity index (χ1) is 15.6. The van der Waals surface area contributed by atoms with Crippen LogP contribution in [0, 0.1) is 17.8 Å². The Kier molecular flexibility index (Phi) is 10.5. The molecule has 0 aromatic rings. The Bertz CT molecular complexity index is 661. The van der Waals surface area contributed by atoms with Crippen LogP contribution in [-0.4, -0.2) is 37.9 Å². The van der Waals surface area contributed by atoms with E-state index in [0.717, 1.165) is 70.8 Å². The molecule has 1 aliphatic heterocycles. The lowest BCUT2D eigenvalue weighted by Gasteiger charge is -2.29. The molecule has 3 aliphatic rings. The van der Waals surface area contributed by atoms with Gasteiger partial charge < -0.3 is 14.2 Å². The van der Waals surface area contributed by atoms with E-state index >= 15 is 0 Å². The zero-order valence-corrected chi connectivity index (χ0v) is 20.1. The summed E-state index contributed by atoms with van der Waals surface area (Å²) in [5, 5.41) is 0. The maximum Gasteiger partial charge on any atom is 0.305 e. The quantitative estimate of drug-likeness (QED) is 0.161. The first-order valence-corrected chi connectivity index (χ1v) is 12.8. The molecule has 0 radical (unpaired) electrons. The van der Waals surface area contributed by atoms with Crippen molar-refractivity contribution in [3.63, 3.8) is 0 Å². The first kappa shape index (κ1) is 25.2. The summed E-state index contributed by atoms with van der Waals surface area (Å²) in [5.41, 5.74) is 1.50. The molecule has 5 heteroatoms. The normalized spacial score (nSPS) is 31.3. The van der Waals surface area contributed by atoms with Gasteiger partial charge in [0.05, 0.1) is 13.2 Å². The Hall–Kier alpha value is -1.46. The second-order valence-electron chi connectivity index (χ2n) is 9.73. The minimum Gasteiger partial charge on any atom is -0.469 e.